The van der Waals surface area contributed by atoms with Gasteiger partial charge in [-0.3, -0.25) is 29.4 Å². The number of anilines is 1. The number of likely N-dealkylation sites (tertiary alicyclic amines) is 1. The van der Waals surface area contributed by atoms with E-state index < -0.39 is 73.4 Å². The topological polar surface area (TPSA) is 262 Å². The molecule has 3 atom stereocenters. The largest absolute Gasteiger partial charge is 0.480 e. The minimum absolute atomic E-state index is 0.00569. The number of carboxylic acids is 2. The van der Waals surface area contributed by atoms with Gasteiger partial charge in [-0.05, 0) is 30.5 Å². The number of hydrogen-bond donors (Lipinski definition) is 6. The fraction of sp³-hybridized carbons (Fsp3) is 0.519. The Morgan fingerprint density at radius 1 is 1.07 bits per heavy atom. The van der Waals surface area contributed by atoms with E-state index in [2.05, 4.69) is 16.0 Å². The third-order valence-corrected chi connectivity index (χ3v) is 6.57. The molecule has 0 saturated carbocycles. The highest BCUT2D eigenvalue weighted by atomic mass is 16.7. The Hall–Kier alpha value is -4.81. The standard InChI is InChI=1S/C27H35N5O13/c28-11-17(32-21(34)6-7-22(32)35)25(38)29-9-8-20(33)31-16-10-15(12-43-27(41)30-14-42-13-23(36)37)4-5-18(16)44-24-3-1-2-19(45-24)26(39)40/h4-5,10,17,19,24H,1-3,6-9,11-14,28H2,(H,29,38)(H,30,41)(H,31,33)(H,36,37)(H,39,40). The highest BCUT2D eigenvalue weighted by Gasteiger charge is 2.38. The predicted octanol–water partition coefficient (Wildman–Crippen LogP) is -0.749. The summed E-state index contributed by atoms with van der Waals surface area (Å²) in [6.45, 7) is -1.72. The molecule has 2 fully saturated rings. The summed E-state index contributed by atoms with van der Waals surface area (Å²) in [5.74, 6) is -4.47. The molecule has 18 nitrogen and oxygen atoms in total. The third-order valence-electron chi connectivity index (χ3n) is 6.57. The lowest BCUT2D eigenvalue weighted by Crippen LogP contribution is -2.53. The molecule has 7 N–H and O–H groups in total. The van der Waals surface area contributed by atoms with Crippen LogP contribution in [0, 0.1) is 0 Å². The number of rotatable bonds is 16. The maximum absolute atomic E-state index is 12.8. The molecule has 0 spiro atoms. The normalized spacial score (nSPS) is 18.6. The number of imide groups is 1. The van der Waals surface area contributed by atoms with E-state index >= 15 is 0 Å². The Morgan fingerprint density at radius 2 is 1.80 bits per heavy atom. The van der Waals surface area contributed by atoms with Crippen LogP contribution < -0.4 is 26.4 Å². The number of carbonyl (C=O) groups is 7. The van der Waals surface area contributed by atoms with Gasteiger partial charge in [-0.1, -0.05) is 6.07 Å². The second-order valence-corrected chi connectivity index (χ2v) is 9.91. The number of alkyl carbamates (subject to hydrolysis) is 1. The van der Waals surface area contributed by atoms with Crippen molar-refractivity contribution in [1.82, 2.24) is 15.5 Å². The zero-order chi connectivity index (χ0) is 32.9. The SMILES string of the molecule is NCC(C(=O)NCCC(=O)Nc1cc(COC(=O)NCOCC(=O)O)ccc1OC1CCCC(C(=O)O)O1)N1C(=O)CCC1=O. The van der Waals surface area contributed by atoms with Crippen LogP contribution in [-0.4, -0.2) is 102 Å². The summed E-state index contributed by atoms with van der Waals surface area (Å²) >= 11 is 0. The van der Waals surface area contributed by atoms with Gasteiger partial charge in [-0.25, -0.2) is 14.4 Å². The molecule has 5 amide bonds. The molecule has 3 rings (SSSR count). The first-order valence-corrected chi connectivity index (χ1v) is 14.0. The van der Waals surface area contributed by atoms with Gasteiger partial charge in [-0.2, -0.15) is 0 Å². The van der Waals surface area contributed by atoms with Gasteiger partial charge >= 0.3 is 18.0 Å². The molecule has 18 heteroatoms. The fourth-order valence-electron chi connectivity index (χ4n) is 4.42. The van der Waals surface area contributed by atoms with Gasteiger partial charge in [0.1, 0.15) is 31.7 Å². The number of hydrogen-bond acceptors (Lipinski definition) is 12. The van der Waals surface area contributed by atoms with E-state index in [9.17, 15) is 38.7 Å². The van der Waals surface area contributed by atoms with Crippen LogP contribution >= 0.6 is 0 Å². The monoisotopic (exact) mass is 637 g/mol. The number of carbonyl (C=O) groups excluding carboxylic acids is 5. The van der Waals surface area contributed by atoms with Gasteiger partial charge in [-0.15, -0.1) is 0 Å². The van der Waals surface area contributed by atoms with Crippen LogP contribution in [0.15, 0.2) is 18.2 Å². The summed E-state index contributed by atoms with van der Waals surface area (Å²) in [7, 11) is 0. The first-order chi connectivity index (χ1) is 21.5. The van der Waals surface area contributed by atoms with Crippen LogP contribution in [0.4, 0.5) is 10.5 Å². The summed E-state index contributed by atoms with van der Waals surface area (Å²) in [6.07, 6.45) is -1.88. The maximum atomic E-state index is 12.8. The number of benzene rings is 1. The number of nitrogens with zero attached hydrogens (tertiary/aromatic N) is 1. The highest BCUT2D eigenvalue weighted by Crippen LogP contribution is 2.30. The molecule has 3 unspecified atom stereocenters. The smallest absolute Gasteiger partial charge is 0.409 e. The fourth-order valence-corrected chi connectivity index (χ4v) is 4.42. The Balaban J connectivity index is 1.62. The average Bonchev–Trinajstić information content (AvgIpc) is 3.33. The Labute approximate surface area is 256 Å². The Kier molecular flexibility index (Phi) is 13.0. The van der Waals surface area contributed by atoms with Crippen molar-refractivity contribution in [2.45, 2.75) is 63.6 Å². The van der Waals surface area contributed by atoms with E-state index in [1.165, 1.54) is 18.2 Å². The van der Waals surface area contributed by atoms with Crippen LogP contribution in [-0.2, 0) is 49.6 Å². The van der Waals surface area contributed by atoms with Crippen molar-refractivity contribution in [2.75, 3.05) is 31.7 Å². The van der Waals surface area contributed by atoms with Crippen LogP contribution in [0.3, 0.4) is 0 Å². The molecule has 2 aliphatic rings. The maximum Gasteiger partial charge on any atom is 0.409 e. The lowest BCUT2D eigenvalue weighted by atomic mass is 10.1. The molecular weight excluding hydrogens is 602 g/mol. The minimum atomic E-state index is -1.21. The van der Waals surface area contributed by atoms with Gasteiger partial charge in [0.05, 0.1) is 5.69 Å². The van der Waals surface area contributed by atoms with Crippen molar-refractivity contribution in [2.24, 2.45) is 5.73 Å². The minimum Gasteiger partial charge on any atom is -0.480 e. The summed E-state index contributed by atoms with van der Waals surface area (Å²) in [4.78, 5) is 84.0. The summed E-state index contributed by atoms with van der Waals surface area (Å²) < 4.78 is 21.1. The quantitative estimate of drug-likeness (QED) is 0.0740. The molecule has 1 aromatic carbocycles. The van der Waals surface area contributed by atoms with Crippen molar-refractivity contribution in [3.05, 3.63) is 23.8 Å². The van der Waals surface area contributed by atoms with E-state index in [1.807, 2.05) is 0 Å². The molecule has 1 aromatic rings. The second-order valence-electron chi connectivity index (χ2n) is 9.91. The zero-order valence-electron chi connectivity index (χ0n) is 24.2. The molecular formula is C27H35N5O13. The van der Waals surface area contributed by atoms with Crippen molar-refractivity contribution in [3.8, 4) is 5.75 Å². The van der Waals surface area contributed by atoms with Gasteiger partial charge in [0.2, 0.25) is 29.9 Å². The lowest BCUT2D eigenvalue weighted by molar-refractivity contribution is -0.180. The van der Waals surface area contributed by atoms with Gasteiger partial charge in [0, 0.05) is 38.8 Å². The molecule has 2 saturated heterocycles. The molecule has 246 valence electrons. The van der Waals surface area contributed by atoms with Crippen molar-refractivity contribution in [1.29, 1.82) is 0 Å². The molecule has 2 aliphatic heterocycles. The van der Waals surface area contributed by atoms with Gasteiger partial charge < -0.3 is 45.5 Å². The van der Waals surface area contributed by atoms with E-state index in [-0.39, 0.29) is 50.4 Å². The number of carboxylic acid groups (broad SMARTS) is 2. The van der Waals surface area contributed by atoms with E-state index in [4.69, 9.17) is 29.8 Å². The predicted molar refractivity (Wildman–Crippen MR) is 149 cm³/mol. The Bertz CT molecular complexity index is 1270. The number of ether oxygens (including phenoxy) is 4. The molecule has 0 aliphatic carbocycles. The molecule has 2 heterocycles. The lowest BCUT2D eigenvalue weighted by Gasteiger charge is -2.28. The summed E-state index contributed by atoms with van der Waals surface area (Å²) in [5, 5.41) is 25.2. The third kappa shape index (κ3) is 10.7. The zero-order valence-corrected chi connectivity index (χ0v) is 24.2. The van der Waals surface area contributed by atoms with Gasteiger partial charge in [0.25, 0.3) is 0 Å². The van der Waals surface area contributed by atoms with Gasteiger partial charge in [0.15, 0.2) is 6.10 Å². The first kappa shape index (κ1) is 34.7. The van der Waals surface area contributed by atoms with E-state index in [0.29, 0.717) is 24.8 Å². The summed E-state index contributed by atoms with van der Waals surface area (Å²) in [5.41, 5.74) is 6.16. The van der Waals surface area contributed by atoms with Crippen molar-refractivity contribution in [3.63, 3.8) is 0 Å². The Morgan fingerprint density at radius 3 is 2.47 bits per heavy atom. The molecule has 0 bridgehead atoms. The van der Waals surface area contributed by atoms with Crippen LogP contribution in [0.2, 0.25) is 0 Å². The van der Waals surface area contributed by atoms with E-state index in [0.717, 1.165) is 4.90 Å². The summed E-state index contributed by atoms with van der Waals surface area (Å²) in [6, 6.07) is 3.25. The second kappa shape index (κ2) is 16.9. The first-order valence-electron chi connectivity index (χ1n) is 14.0. The molecule has 45 heavy (non-hydrogen) atoms. The number of nitrogens with one attached hydrogen (secondary N) is 3. The van der Waals surface area contributed by atoms with Crippen LogP contribution in [0.25, 0.3) is 0 Å². The number of nitrogens with two attached hydrogens (primary N) is 1. The average molecular weight is 638 g/mol. The number of amides is 5. The number of aliphatic carboxylic acids is 2. The van der Waals surface area contributed by atoms with Crippen molar-refractivity contribution >= 4 is 47.3 Å². The van der Waals surface area contributed by atoms with E-state index in [1.54, 1.807) is 0 Å². The van der Waals surface area contributed by atoms with Crippen LogP contribution in [0.5, 0.6) is 5.75 Å². The van der Waals surface area contributed by atoms with Crippen LogP contribution in [0.1, 0.15) is 44.1 Å². The molecule has 0 aromatic heterocycles. The van der Waals surface area contributed by atoms with Crippen molar-refractivity contribution < 1.29 is 62.7 Å². The highest BCUT2D eigenvalue weighted by molar-refractivity contribution is 6.05. The molecule has 0 radical (unpaired) electrons.